The summed E-state index contributed by atoms with van der Waals surface area (Å²) in [5.74, 6) is 0.438. The zero-order valence-electron chi connectivity index (χ0n) is 13.5. The van der Waals surface area contributed by atoms with Gasteiger partial charge in [0.25, 0.3) is 0 Å². The molecule has 1 aliphatic heterocycles. The Labute approximate surface area is 153 Å². The third kappa shape index (κ3) is 3.24. The van der Waals surface area contributed by atoms with Gasteiger partial charge in [0, 0.05) is 22.3 Å². The molecule has 0 aliphatic carbocycles. The highest BCUT2D eigenvalue weighted by Crippen LogP contribution is 2.32. The summed E-state index contributed by atoms with van der Waals surface area (Å²) in [4.78, 5) is 20.6. The van der Waals surface area contributed by atoms with E-state index in [4.69, 9.17) is 25.8 Å². The van der Waals surface area contributed by atoms with E-state index in [2.05, 4.69) is 15.1 Å². The van der Waals surface area contributed by atoms with E-state index >= 15 is 0 Å². The molecule has 0 N–H and O–H groups in total. The van der Waals surface area contributed by atoms with Gasteiger partial charge in [-0.2, -0.15) is 5.10 Å². The van der Waals surface area contributed by atoms with Crippen LogP contribution in [0.4, 0.5) is 0 Å². The topological polar surface area (TPSA) is 88.4 Å². The Hall–Kier alpha value is -2.97. The minimum Gasteiger partial charge on any atom is -0.467 e. The number of ether oxygens (including phenoxy) is 3. The number of pyridine rings is 1. The van der Waals surface area contributed by atoms with Crippen molar-refractivity contribution in [3.05, 3.63) is 64.8 Å². The van der Waals surface area contributed by atoms with Gasteiger partial charge in [0.1, 0.15) is 30.6 Å². The Morgan fingerprint density at radius 2 is 2.31 bits per heavy atom. The molecule has 0 fully saturated rings. The summed E-state index contributed by atoms with van der Waals surface area (Å²) in [7, 11) is 0. The second-order valence-corrected chi connectivity index (χ2v) is 5.89. The van der Waals surface area contributed by atoms with Gasteiger partial charge < -0.3 is 14.2 Å². The van der Waals surface area contributed by atoms with Crippen molar-refractivity contribution in [1.82, 2.24) is 19.7 Å². The lowest BCUT2D eigenvalue weighted by Gasteiger charge is -2.21. The molecule has 132 valence electrons. The first-order chi connectivity index (χ1) is 12.7. The van der Waals surface area contributed by atoms with Crippen molar-refractivity contribution < 1.29 is 19.0 Å². The molecule has 0 spiro atoms. The second-order valence-electron chi connectivity index (χ2n) is 5.45. The van der Waals surface area contributed by atoms with Gasteiger partial charge in [0.2, 0.25) is 0 Å². The average molecular weight is 373 g/mol. The van der Waals surface area contributed by atoms with E-state index in [0.717, 1.165) is 5.56 Å². The van der Waals surface area contributed by atoms with Crippen LogP contribution in [0.25, 0.3) is 5.82 Å². The fourth-order valence-electron chi connectivity index (χ4n) is 2.64. The highest BCUT2D eigenvalue weighted by Gasteiger charge is 2.20. The van der Waals surface area contributed by atoms with Gasteiger partial charge in [-0.05, 0) is 24.3 Å². The van der Waals surface area contributed by atoms with Gasteiger partial charge in [-0.3, -0.25) is 0 Å². The van der Waals surface area contributed by atoms with Crippen LogP contribution < -0.4 is 4.74 Å². The number of nitrogens with zero attached hydrogens (tertiary/aromatic N) is 4. The summed E-state index contributed by atoms with van der Waals surface area (Å²) in [5, 5.41) is 4.52. The lowest BCUT2D eigenvalue weighted by molar-refractivity contribution is -0.0180. The third-order valence-corrected chi connectivity index (χ3v) is 3.97. The number of carbonyl (C=O) groups is 1. The Balaban J connectivity index is 1.57. The molecule has 26 heavy (non-hydrogen) atoms. The first-order valence-corrected chi connectivity index (χ1v) is 8.09. The van der Waals surface area contributed by atoms with Crippen LogP contribution in [-0.2, 0) is 22.7 Å². The molecule has 8 nitrogen and oxygen atoms in total. The number of fused-ring (bicyclic) bond motifs is 1. The summed E-state index contributed by atoms with van der Waals surface area (Å²) in [6.07, 6.45) is 4.39. The molecular weight excluding hydrogens is 360 g/mol. The molecule has 1 aliphatic rings. The quantitative estimate of drug-likeness (QED) is 0.650. The monoisotopic (exact) mass is 372 g/mol. The number of carbonyl (C=O) groups excluding carboxylic acids is 1. The number of aromatic nitrogens is 4. The third-order valence-electron chi connectivity index (χ3n) is 3.75. The first-order valence-electron chi connectivity index (χ1n) is 7.71. The van der Waals surface area contributed by atoms with E-state index in [1.807, 2.05) is 0 Å². The molecule has 0 amide bonds. The van der Waals surface area contributed by atoms with E-state index in [-0.39, 0.29) is 19.0 Å². The molecule has 1 aromatic carbocycles. The number of hydrogen-bond donors (Lipinski definition) is 0. The number of esters is 1. The van der Waals surface area contributed by atoms with Crippen molar-refractivity contribution in [3.8, 4) is 11.6 Å². The number of hydrogen-bond acceptors (Lipinski definition) is 7. The van der Waals surface area contributed by atoms with Crippen LogP contribution in [0.15, 0.2) is 43.1 Å². The highest BCUT2D eigenvalue weighted by atomic mass is 35.5. The molecule has 0 saturated carbocycles. The van der Waals surface area contributed by atoms with Crippen LogP contribution in [-0.4, -0.2) is 32.5 Å². The number of benzene rings is 1. The van der Waals surface area contributed by atoms with E-state index in [9.17, 15) is 4.79 Å². The van der Waals surface area contributed by atoms with Gasteiger partial charge >= 0.3 is 5.97 Å². The SMILES string of the molecule is O=C(OCc1cc(Cl)cc2c1OCOC2)c1cccnc1-n1cncn1. The van der Waals surface area contributed by atoms with E-state index < -0.39 is 5.97 Å². The van der Waals surface area contributed by atoms with Gasteiger partial charge in [-0.15, -0.1) is 0 Å². The lowest BCUT2D eigenvalue weighted by Crippen LogP contribution is -2.15. The van der Waals surface area contributed by atoms with E-state index in [1.165, 1.54) is 17.3 Å². The maximum atomic E-state index is 12.6. The molecular formula is C17H13ClN4O4. The van der Waals surface area contributed by atoms with Gasteiger partial charge in [-0.25, -0.2) is 19.4 Å². The Morgan fingerprint density at radius 3 is 3.15 bits per heavy atom. The van der Waals surface area contributed by atoms with Crippen LogP contribution in [0.1, 0.15) is 21.5 Å². The van der Waals surface area contributed by atoms with Crippen molar-refractivity contribution in [1.29, 1.82) is 0 Å². The van der Waals surface area contributed by atoms with Crippen molar-refractivity contribution >= 4 is 17.6 Å². The molecule has 4 rings (SSSR count). The average Bonchev–Trinajstić information content (AvgIpc) is 3.20. The number of rotatable bonds is 4. The van der Waals surface area contributed by atoms with Crippen LogP contribution in [0.2, 0.25) is 5.02 Å². The standard InChI is InChI=1S/C17H13ClN4O4/c18-13-4-11-6-24-10-26-15(11)12(5-13)7-25-17(23)14-2-1-3-20-16(14)22-9-19-8-21-22/h1-5,8-9H,6-7,10H2. The molecule has 0 radical (unpaired) electrons. The minimum atomic E-state index is -0.538. The van der Waals surface area contributed by atoms with Gasteiger partial charge in [0.05, 0.1) is 6.61 Å². The summed E-state index contributed by atoms with van der Waals surface area (Å²) in [6.45, 7) is 0.554. The van der Waals surface area contributed by atoms with E-state index in [1.54, 1.807) is 30.5 Å². The summed E-state index contributed by atoms with van der Waals surface area (Å²) in [5.41, 5.74) is 1.77. The molecule has 2 aromatic heterocycles. The van der Waals surface area contributed by atoms with Crippen molar-refractivity contribution in [2.24, 2.45) is 0 Å². The summed E-state index contributed by atoms with van der Waals surface area (Å²) >= 11 is 6.13. The zero-order chi connectivity index (χ0) is 17.9. The first kappa shape index (κ1) is 16.5. The van der Waals surface area contributed by atoms with Crippen LogP contribution in [0.3, 0.4) is 0 Å². The number of halogens is 1. The van der Waals surface area contributed by atoms with Crippen molar-refractivity contribution in [2.45, 2.75) is 13.2 Å². The fraction of sp³-hybridized carbons (Fsp3) is 0.176. The molecule has 0 saturated heterocycles. The molecule has 9 heteroatoms. The molecule has 0 unspecified atom stereocenters. The lowest BCUT2D eigenvalue weighted by atomic mass is 10.1. The van der Waals surface area contributed by atoms with Crippen LogP contribution >= 0.6 is 11.6 Å². The second kappa shape index (κ2) is 7.11. The van der Waals surface area contributed by atoms with Crippen molar-refractivity contribution in [3.63, 3.8) is 0 Å². The van der Waals surface area contributed by atoms with Crippen molar-refractivity contribution in [2.75, 3.05) is 6.79 Å². The van der Waals surface area contributed by atoms with Crippen LogP contribution in [0.5, 0.6) is 5.75 Å². The maximum absolute atomic E-state index is 12.6. The van der Waals surface area contributed by atoms with Crippen LogP contribution in [0, 0.1) is 0 Å². The van der Waals surface area contributed by atoms with E-state index in [0.29, 0.717) is 28.8 Å². The fourth-order valence-corrected chi connectivity index (χ4v) is 2.90. The minimum absolute atomic E-state index is 0.00736. The maximum Gasteiger partial charge on any atom is 0.342 e. The molecule has 0 atom stereocenters. The molecule has 0 bridgehead atoms. The summed E-state index contributed by atoms with van der Waals surface area (Å²) < 4.78 is 17.6. The summed E-state index contributed by atoms with van der Waals surface area (Å²) in [6, 6.07) is 6.74. The normalized spacial score (nSPS) is 13.0. The molecule has 3 aromatic rings. The smallest absolute Gasteiger partial charge is 0.342 e. The zero-order valence-corrected chi connectivity index (χ0v) is 14.2. The van der Waals surface area contributed by atoms with Gasteiger partial charge in [0.15, 0.2) is 12.6 Å². The van der Waals surface area contributed by atoms with Gasteiger partial charge in [-0.1, -0.05) is 11.6 Å². The Morgan fingerprint density at radius 1 is 1.38 bits per heavy atom. The Kier molecular flexibility index (Phi) is 4.51. The predicted octanol–water partition coefficient (Wildman–Crippen LogP) is 2.54. The molecule has 3 heterocycles. The predicted molar refractivity (Wildman–Crippen MR) is 90.0 cm³/mol. The largest absolute Gasteiger partial charge is 0.467 e. The highest BCUT2D eigenvalue weighted by molar-refractivity contribution is 6.30. The Bertz CT molecular complexity index is 946.